The van der Waals surface area contributed by atoms with Crippen LogP contribution < -0.4 is 14.8 Å². The Kier molecular flexibility index (Phi) is 7.01. The Balaban J connectivity index is 2.06. The maximum Gasteiger partial charge on any atom is 0.248 e. The van der Waals surface area contributed by atoms with Crippen LogP contribution in [0.5, 0.6) is 11.5 Å². The first-order valence-electron chi connectivity index (χ1n) is 7.78. The molecule has 4 nitrogen and oxygen atoms in total. The van der Waals surface area contributed by atoms with Crippen LogP contribution in [-0.4, -0.2) is 19.6 Å². The highest BCUT2D eigenvalue weighted by Gasteiger charge is 2.06. The second-order valence-corrected chi connectivity index (χ2v) is 6.12. The van der Waals surface area contributed by atoms with Crippen LogP contribution in [0.4, 0.5) is 10.1 Å². The summed E-state index contributed by atoms with van der Waals surface area (Å²) in [5.74, 6) is 0.319. The van der Waals surface area contributed by atoms with E-state index in [-0.39, 0.29) is 5.69 Å². The molecular formula is C19H19BrFNO3. The minimum atomic E-state index is -0.504. The average Bonchev–Trinajstić information content (AvgIpc) is 2.60. The monoisotopic (exact) mass is 407 g/mol. The highest BCUT2D eigenvalue weighted by molar-refractivity contribution is 9.10. The summed E-state index contributed by atoms with van der Waals surface area (Å²) < 4.78 is 25.2. The van der Waals surface area contributed by atoms with Gasteiger partial charge in [0.05, 0.1) is 19.4 Å². The van der Waals surface area contributed by atoms with Crippen LogP contribution >= 0.6 is 15.9 Å². The van der Waals surface area contributed by atoms with Crippen molar-refractivity contribution in [3.63, 3.8) is 0 Å². The summed E-state index contributed by atoms with van der Waals surface area (Å²) in [5.41, 5.74) is 0.894. The van der Waals surface area contributed by atoms with Crippen LogP contribution in [0.3, 0.4) is 0 Å². The van der Waals surface area contributed by atoms with Gasteiger partial charge in [0.15, 0.2) is 11.5 Å². The molecule has 0 aliphatic carbocycles. The molecule has 0 radical (unpaired) electrons. The zero-order valence-electron chi connectivity index (χ0n) is 14.0. The van der Waals surface area contributed by atoms with Crippen LogP contribution in [0.15, 0.2) is 46.9 Å². The van der Waals surface area contributed by atoms with Gasteiger partial charge in [-0.2, -0.15) is 0 Å². The first-order chi connectivity index (χ1) is 12.0. The molecule has 0 atom stereocenters. The summed E-state index contributed by atoms with van der Waals surface area (Å²) in [6.45, 7) is 2.63. The number of rotatable bonds is 7. The van der Waals surface area contributed by atoms with E-state index in [1.54, 1.807) is 31.4 Å². The number of methoxy groups -OCH3 is 1. The Morgan fingerprint density at radius 2 is 2.04 bits per heavy atom. The van der Waals surface area contributed by atoms with E-state index in [4.69, 9.17) is 9.47 Å². The maximum absolute atomic E-state index is 13.7. The van der Waals surface area contributed by atoms with Gasteiger partial charge in [0.1, 0.15) is 5.82 Å². The van der Waals surface area contributed by atoms with Gasteiger partial charge in [-0.1, -0.05) is 28.9 Å². The molecule has 1 N–H and O–H groups in total. The Morgan fingerprint density at radius 1 is 1.24 bits per heavy atom. The number of carbonyl (C=O) groups excluding carboxylic acids is 1. The highest BCUT2D eigenvalue weighted by atomic mass is 79.9. The number of ether oxygens (including phenoxy) is 2. The Hall–Kier alpha value is -2.34. The number of benzene rings is 2. The predicted molar refractivity (Wildman–Crippen MR) is 101 cm³/mol. The quantitative estimate of drug-likeness (QED) is 0.654. The zero-order chi connectivity index (χ0) is 18.2. The summed E-state index contributed by atoms with van der Waals surface area (Å²) in [4.78, 5) is 12.0. The molecule has 2 rings (SSSR count). The largest absolute Gasteiger partial charge is 0.493 e. The fraction of sp³-hybridized carbons (Fsp3) is 0.211. The maximum atomic E-state index is 13.7. The van der Waals surface area contributed by atoms with Crippen molar-refractivity contribution < 1.29 is 18.7 Å². The van der Waals surface area contributed by atoms with Crippen molar-refractivity contribution in [1.82, 2.24) is 0 Å². The molecule has 0 fully saturated rings. The van der Waals surface area contributed by atoms with E-state index in [0.717, 1.165) is 12.0 Å². The normalized spacial score (nSPS) is 10.7. The molecule has 0 bridgehead atoms. The number of anilines is 1. The van der Waals surface area contributed by atoms with Gasteiger partial charge in [-0.15, -0.1) is 0 Å². The standard InChI is InChI=1S/C19H19BrFNO3/c1-3-10-25-17-8-4-13(11-18(17)24-2)5-9-19(23)22-16-7-6-14(20)12-15(16)21/h4-9,11-12H,3,10H2,1-2H3,(H,22,23)/b9-5+. The lowest BCUT2D eigenvalue weighted by Crippen LogP contribution is -2.09. The summed E-state index contributed by atoms with van der Waals surface area (Å²) >= 11 is 3.17. The fourth-order valence-electron chi connectivity index (χ4n) is 2.06. The van der Waals surface area contributed by atoms with Crippen molar-refractivity contribution in [2.75, 3.05) is 19.0 Å². The smallest absolute Gasteiger partial charge is 0.248 e. The zero-order valence-corrected chi connectivity index (χ0v) is 15.6. The summed E-state index contributed by atoms with van der Waals surface area (Å²) in [6.07, 6.45) is 3.86. The van der Waals surface area contributed by atoms with Crippen molar-refractivity contribution in [3.05, 3.63) is 58.3 Å². The second-order valence-electron chi connectivity index (χ2n) is 5.21. The molecule has 0 spiro atoms. The number of carbonyl (C=O) groups is 1. The van der Waals surface area contributed by atoms with Crippen molar-refractivity contribution in [2.24, 2.45) is 0 Å². The molecule has 2 aromatic rings. The number of halogens is 2. The average molecular weight is 408 g/mol. The molecule has 25 heavy (non-hydrogen) atoms. The minimum absolute atomic E-state index is 0.124. The van der Waals surface area contributed by atoms with Crippen LogP contribution in [-0.2, 0) is 4.79 Å². The van der Waals surface area contributed by atoms with E-state index in [1.807, 2.05) is 13.0 Å². The second kappa shape index (κ2) is 9.22. The summed E-state index contributed by atoms with van der Waals surface area (Å²) in [7, 11) is 1.56. The predicted octanol–water partition coefficient (Wildman–Crippen LogP) is 5.04. The SMILES string of the molecule is CCCOc1ccc(/C=C/C(=O)Nc2ccc(Br)cc2F)cc1OC. The third-order valence-corrected chi connectivity index (χ3v) is 3.76. The molecule has 132 valence electrons. The summed E-state index contributed by atoms with van der Waals surface area (Å²) in [6, 6.07) is 9.82. The van der Waals surface area contributed by atoms with Gasteiger partial charge in [-0.25, -0.2) is 4.39 Å². The third-order valence-electron chi connectivity index (χ3n) is 3.27. The number of hydrogen-bond donors (Lipinski definition) is 1. The van der Waals surface area contributed by atoms with Gasteiger partial charge in [0, 0.05) is 10.5 Å². The molecule has 2 aromatic carbocycles. The lowest BCUT2D eigenvalue weighted by Gasteiger charge is -2.10. The molecule has 0 aromatic heterocycles. The van der Waals surface area contributed by atoms with Gasteiger partial charge in [0.25, 0.3) is 0 Å². The molecule has 6 heteroatoms. The molecule has 0 unspecified atom stereocenters. The molecular weight excluding hydrogens is 389 g/mol. The van der Waals surface area contributed by atoms with E-state index in [0.29, 0.717) is 22.6 Å². The first-order valence-corrected chi connectivity index (χ1v) is 8.57. The highest BCUT2D eigenvalue weighted by Crippen LogP contribution is 2.28. The summed E-state index contributed by atoms with van der Waals surface area (Å²) in [5, 5.41) is 2.50. The Labute approximate surface area is 154 Å². The molecule has 0 saturated heterocycles. The van der Waals surface area contributed by atoms with Crippen LogP contribution in [0.25, 0.3) is 6.08 Å². The van der Waals surface area contributed by atoms with Crippen molar-refractivity contribution in [3.8, 4) is 11.5 Å². The van der Waals surface area contributed by atoms with Crippen molar-refractivity contribution in [2.45, 2.75) is 13.3 Å². The topological polar surface area (TPSA) is 47.6 Å². The van der Waals surface area contributed by atoms with E-state index in [1.165, 1.54) is 18.2 Å². The number of hydrogen-bond acceptors (Lipinski definition) is 3. The van der Waals surface area contributed by atoms with Crippen molar-refractivity contribution >= 4 is 33.6 Å². The van der Waals surface area contributed by atoms with E-state index in [9.17, 15) is 9.18 Å². The van der Waals surface area contributed by atoms with Crippen molar-refractivity contribution in [1.29, 1.82) is 0 Å². The third kappa shape index (κ3) is 5.60. The molecule has 0 aliphatic rings. The van der Waals surface area contributed by atoms with Crippen LogP contribution in [0.1, 0.15) is 18.9 Å². The van der Waals surface area contributed by atoms with Gasteiger partial charge in [0.2, 0.25) is 5.91 Å². The molecule has 1 amide bonds. The van der Waals surface area contributed by atoms with E-state index >= 15 is 0 Å². The lowest BCUT2D eigenvalue weighted by molar-refractivity contribution is -0.111. The van der Waals surface area contributed by atoms with Crippen LogP contribution in [0, 0.1) is 5.82 Å². The fourth-order valence-corrected chi connectivity index (χ4v) is 2.39. The first kappa shape index (κ1) is 19.0. The van der Waals surface area contributed by atoms with Crippen LogP contribution in [0.2, 0.25) is 0 Å². The molecule has 0 heterocycles. The number of amides is 1. The van der Waals surface area contributed by atoms with Gasteiger partial charge >= 0.3 is 0 Å². The Morgan fingerprint density at radius 3 is 2.72 bits per heavy atom. The van der Waals surface area contributed by atoms with Gasteiger partial charge < -0.3 is 14.8 Å². The lowest BCUT2D eigenvalue weighted by atomic mass is 10.2. The van der Waals surface area contributed by atoms with E-state index in [2.05, 4.69) is 21.2 Å². The minimum Gasteiger partial charge on any atom is -0.493 e. The number of nitrogens with one attached hydrogen (secondary N) is 1. The Bertz CT molecular complexity index is 777. The molecule has 0 aliphatic heterocycles. The van der Waals surface area contributed by atoms with Gasteiger partial charge in [-0.05, 0) is 48.4 Å². The van der Waals surface area contributed by atoms with E-state index < -0.39 is 11.7 Å². The molecule has 0 saturated carbocycles. The van der Waals surface area contributed by atoms with Gasteiger partial charge in [-0.3, -0.25) is 4.79 Å².